The van der Waals surface area contributed by atoms with Gasteiger partial charge in [0.05, 0.1) is 24.6 Å². The largest absolute Gasteiger partial charge is 0.494 e. The van der Waals surface area contributed by atoms with Gasteiger partial charge in [0.15, 0.2) is 0 Å². The third-order valence-corrected chi connectivity index (χ3v) is 2.68. The number of nitrogens with two attached hydrogens (primary N) is 1. The highest BCUT2D eigenvalue weighted by atomic mass is 16.5. The minimum atomic E-state index is -0.505. The zero-order valence-electron chi connectivity index (χ0n) is 10.2. The molecule has 2 rings (SSSR count). The lowest BCUT2D eigenvalue weighted by atomic mass is 9.99. The molecular weight excluding hydrogens is 230 g/mol. The van der Waals surface area contributed by atoms with Gasteiger partial charge in [-0.3, -0.25) is 14.8 Å². The number of hydrogen-bond donors (Lipinski definition) is 1. The van der Waals surface area contributed by atoms with E-state index in [9.17, 15) is 4.79 Å². The van der Waals surface area contributed by atoms with Crippen molar-refractivity contribution in [2.45, 2.75) is 6.92 Å². The third-order valence-electron chi connectivity index (χ3n) is 2.68. The average molecular weight is 243 g/mol. The van der Waals surface area contributed by atoms with E-state index in [1.807, 2.05) is 0 Å². The lowest BCUT2D eigenvalue weighted by molar-refractivity contribution is 0.1000. The van der Waals surface area contributed by atoms with E-state index >= 15 is 0 Å². The summed E-state index contributed by atoms with van der Waals surface area (Å²) >= 11 is 0. The molecule has 0 bridgehead atoms. The van der Waals surface area contributed by atoms with Crippen LogP contribution in [-0.2, 0) is 0 Å². The number of carbonyl (C=O) groups excluding carboxylic acids is 1. The molecule has 2 heterocycles. The minimum Gasteiger partial charge on any atom is -0.494 e. The molecule has 5 heteroatoms. The second kappa shape index (κ2) is 4.83. The Morgan fingerprint density at radius 1 is 1.28 bits per heavy atom. The second-order valence-corrected chi connectivity index (χ2v) is 3.76. The topological polar surface area (TPSA) is 78.1 Å². The summed E-state index contributed by atoms with van der Waals surface area (Å²) in [7, 11) is 1.55. The third kappa shape index (κ3) is 2.02. The SMILES string of the molecule is COc1cnccc1-c1ccnc(C)c1C(N)=O. The van der Waals surface area contributed by atoms with Gasteiger partial charge in [-0.15, -0.1) is 0 Å². The maximum absolute atomic E-state index is 11.5. The van der Waals surface area contributed by atoms with E-state index in [0.717, 1.165) is 5.56 Å². The van der Waals surface area contributed by atoms with Crippen LogP contribution >= 0.6 is 0 Å². The molecule has 1 amide bonds. The molecule has 0 saturated carbocycles. The van der Waals surface area contributed by atoms with E-state index in [-0.39, 0.29) is 0 Å². The van der Waals surface area contributed by atoms with Crippen LogP contribution in [0.3, 0.4) is 0 Å². The molecule has 0 aliphatic heterocycles. The van der Waals surface area contributed by atoms with Crippen molar-refractivity contribution in [1.29, 1.82) is 0 Å². The fourth-order valence-corrected chi connectivity index (χ4v) is 1.87. The smallest absolute Gasteiger partial charge is 0.251 e. The second-order valence-electron chi connectivity index (χ2n) is 3.76. The molecule has 0 saturated heterocycles. The first-order valence-electron chi connectivity index (χ1n) is 5.39. The lowest BCUT2D eigenvalue weighted by Crippen LogP contribution is -2.15. The van der Waals surface area contributed by atoms with Crippen LogP contribution in [0.1, 0.15) is 16.1 Å². The number of aromatic nitrogens is 2. The van der Waals surface area contributed by atoms with E-state index in [1.54, 1.807) is 44.8 Å². The zero-order chi connectivity index (χ0) is 13.1. The maximum atomic E-state index is 11.5. The Balaban J connectivity index is 2.71. The number of ether oxygens (including phenoxy) is 1. The van der Waals surface area contributed by atoms with Gasteiger partial charge < -0.3 is 10.5 Å². The van der Waals surface area contributed by atoms with Crippen LogP contribution in [0, 0.1) is 6.92 Å². The van der Waals surface area contributed by atoms with Crippen molar-refractivity contribution in [3.8, 4) is 16.9 Å². The molecule has 18 heavy (non-hydrogen) atoms. The average Bonchev–Trinajstić information content (AvgIpc) is 2.38. The van der Waals surface area contributed by atoms with Gasteiger partial charge in [-0.2, -0.15) is 0 Å². The maximum Gasteiger partial charge on any atom is 0.251 e. The van der Waals surface area contributed by atoms with E-state index < -0.39 is 5.91 Å². The van der Waals surface area contributed by atoms with Crippen LogP contribution < -0.4 is 10.5 Å². The Labute approximate surface area is 105 Å². The molecule has 0 aliphatic carbocycles. The van der Waals surface area contributed by atoms with Crippen LogP contribution in [0.2, 0.25) is 0 Å². The van der Waals surface area contributed by atoms with Crippen molar-refractivity contribution in [2.75, 3.05) is 7.11 Å². The standard InChI is InChI=1S/C13H13N3O2/c1-8-12(13(14)17)10(4-6-16-8)9-3-5-15-7-11(9)18-2/h3-7H,1-2H3,(H2,14,17). The number of rotatable bonds is 3. The molecule has 0 aromatic carbocycles. The molecule has 0 unspecified atom stereocenters. The monoisotopic (exact) mass is 243 g/mol. The normalized spacial score (nSPS) is 10.1. The fourth-order valence-electron chi connectivity index (χ4n) is 1.87. The number of nitrogens with zero attached hydrogens (tertiary/aromatic N) is 2. The van der Waals surface area contributed by atoms with Gasteiger partial charge in [-0.25, -0.2) is 0 Å². The van der Waals surface area contributed by atoms with Crippen molar-refractivity contribution in [3.05, 3.63) is 42.0 Å². The van der Waals surface area contributed by atoms with Gasteiger partial charge in [-0.05, 0) is 19.1 Å². The van der Waals surface area contributed by atoms with Crippen LogP contribution in [0.5, 0.6) is 5.75 Å². The first-order chi connectivity index (χ1) is 8.65. The highest BCUT2D eigenvalue weighted by Gasteiger charge is 2.16. The van der Waals surface area contributed by atoms with Crippen LogP contribution in [0.15, 0.2) is 30.7 Å². The summed E-state index contributed by atoms with van der Waals surface area (Å²) < 4.78 is 5.24. The van der Waals surface area contributed by atoms with Crippen molar-refractivity contribution < 1.29 is 9.53 Å². The van der Waals surface area contributed by atoms with Gasteiger partial charge in [-0.1, -0.05) is 0 Å². The molecule has 2 aromatic heterocycles. The number of aryl methyl sites for hydroxylation is 1. The Morgan fingerprint density at radius 3 is 2.67 bits per heavy atom. The van der Waals surface area contributed by atoms with Gasteiger partial charge in [0.2, 0.25) is 0 Å². The zero-order valence-corrected chi connectivity index (χ0v) is 10.2. The first kappa shape index (κ1) is 12.0. The van der Waals surface area contributed by atoms with E-state index in [0.29, 0.717) is 22.6 Å². The highest BCUT2D eigenvalue weighted by Crippen LogP contribution is 2.31. The molecule has 0 aliphatic rings. The van der Waals surface area contributed by atoms with Crippen LogP contribution in [-0.4, -0.2) is 23.0 Å². The van der Waals surface area contributed by atoms with Crippen molar-refractivity contribution in [1.82, 2.24) is 9.97 Å². The van der Waals surface area contributed by atoms with Crippen molar-refractivity contribution in [2.24, 2.45) is 5.73 Å². The number of pyridine rings is 2. The fraction of sp³-hybridized carbons (Fsp3) is 0.154. The Bertz CT molecular complexity index is 597. The van der Waals surface area contributed by atoms with Gasteiger partial charge in [0.25, 0.3) is 5.91 Å². The summed E-state index contributed by atoms with van der Waals surface area (Å²) in [5, 5.41) is 0. The molecule has 0 radical (unpaired) electrons. The molecule has 2 aromatic rings. The Kier molecular flexibility index (Phi) is 3.23. The predicted molar refractivity (Wildman–Crippen MR) is 67.3 cm³/mol. The number of amides is 1. The van der Waals surface area contributed by atoms with E-state index in [2.05, 4.69) is 9.97 Å². The van der Waals surface area contributed by atoms with Gasteiger partial charge in [0.1, 0.15) is 5.75 Å². The molecule has 92 valence electrons. The summed E-state index contributed by atoms with van der Waals surface area (Å²) in [4.78, 5) is 19.6. The molecule has 0 fully saturated rings. The molecule has 5 nitrogen and oxygen atoms in total. The highest BCUT2D eigenvalue weighted by molar-refractivity contribution is 6.01. The molecule has 2 N–H and O–H groups in total. The minimum absolute atomic E-state index is 0.405. The first-order valence-corrected chi connectivity index (χ1v) is 5.39. The molecule has 0 spiro atoms. The lowest BCUT2D eigenvalue weighted by Gasteiger charge is -2.12. The predicted octanol–water partition coefficient (Wildman–Crippen LogP) is 1.56. The number of hydrogen-bond acceptors (Lipinski definition) is 4. The van der Waals surface area contributed by atoms with Crippen molar-refractivity contribution in [3.63, 3.8) is 0 Å². The summed E-state index contributed by atoms with van der Waals surface area (Å²) in [6.07, 6.45) is 4.87. The van der Waals surface area contributed by atoms with Gasteiger partial charge >= 0.3 is 0 Å². The quantitative estimate of drug-likeness (QED) is 0.887. The number of primary amides is 1. The van der Waals surface area contributed by atoms with Gasteiger partial charge in [0, 0.05) is 23.5 Å². The van der Waals surface area contributed by atoms with Crippen LogP contribution in [0.4, 0.5) is 0 Å². The summed E-state index contributed by atoms with van der Waals surface area (Å²) in [6.45, 7) is 1.75. The van der Waals surface area contributed by atoms with Crippen LogP contribution in [0.25, 0.3) is 11.1 Å². The van der Waals surface area contributed by atoms with E-state index in [1.165, 1.54) is 0 Å². The summed E-state index contributed by atoms with van der Waals surface area (Å²) in [5.41, 5.74) is 7.88. The Hall–Kier alpha value is -2.43. The number of carbonyl (C=O) groups is 1. The number of methoxy groups -OCH3 is 1. The summed E-state index contributed by atoms with van der Waals surface area (Å²) in [5.74, 6) is 0.0834. The molecule has 0 atom stereocenters. The summed E-state index contributed by atoms with van der Waals surface area (Å²) in [6, 6.07) is 3.52. The van der Waals surface area contributed by atoms with E-state index in [4.69, 9.17) is 10.5 Å². The Morgan fingerprint density at radius 2 is 2.00 bits per heavy atom. The van der Waals surface area contributed by atoms with Crippen molar-refractivity contribution >= 4 is 5.91 Å². The molecular formula is C13H13N3O2.